The molecule has 1 saturated heterocycles. The van der Waals surface area contributed by atoms with Crippen LogP contribution in [-0.2, 0) is 6.54 Å². The fourth-order valence-corrected chi connectivity index (χ4v) is 3.10. The van der Waals surface area contributed by atoms with Crippen LogP contribution in [0.4, 0.5) is 0 Å². The molecule has 0 saturated carbocycles. The van der Waals surface area contributed by atoms with Crippen LogP contribution >= 0.6 is 0 Å². The van der Waals surface area contributed by atoms with Crippen molar-refractivity contribution in [3.05, 3.63) is 35.0 Å². The number of hydrogen-bond acceptors (Lipinski definition) is 1. The van der Waals surface area contributed by atoms with Crippen molar-refractivity contribution in [1.29, 1.82) is 0 Å². The second-order valence-electron chi connectivity index (χ2n) is 5.76. The molecule has 100 valence electrons. The van der Waals surface area contributed by atoms with E-state index in [2.05, 4.69) is 31.0 Å². The predicted octanol–water partition coefficient (Wildman–Crippen LogP) is 1.16. The molecule has 1 aliphatic heterocycles. The average molecular weight is 258 g/mol. The fourth-order valence-electron chi connectivity index (χ4n) is 3.10. The number of aromatic nitrogens is 1. The number of H-pyrrole nitrogens is 1. The number of aromatic hydroxyl groups is 1. The Hall–Kier alpha value is -1.61. The molecule has 1 aromatic heterocycles. The van der Waals surface area contributed by atoms with Crippen LogP contribution in [0.25, 0.3) is 10.9 Å². The first-order valence-corrected chi connectivity index (χ1v) is 7.13. The molecule has 0 atom stereocenters. The molecule has 0 unspecified atom stereocenters. The Morgan fingerprint density at radius 1 is 1.21 bits per heavy atom. The van der Waals surface area contributed by atoms with Gasteiger partial charge in [-0.3, -0.25) is 0 Å². The lowest BCUT2D eigenvalue weighted by molar-refractivity contribution is -0.901. The number of quaternary nitrogens is 1. The number of aromatic amines is 1. The Morgan fingerprint density at radius 3 is 2.68 bits per heavy atom. The second kappa shape index (κ2) is 4.82. The van der Waals surface area contributed by atoms with Gasteiger partial charge in [0.25, 0.3) is 0 Å². The zero-order valence-electron chi connectivity index (χ0n) is 11.7. The van der Waals surface area contributed by atoms with Gasteiger partial charge in [-0.2, -0.15) is 0 Å². The summed E-state index contributed by atoms with van der Waals surface area (Å²) in [7, 11) is 0. The van der Waals surface area contributed by atoms with Gasteiger partial charge in [-0.15, -0.1) is 0 Å². The van der Waals surface area contributed by atoms with Crippen LogP contribution in [0.3, 0.4) is 0 Å². The van der Waals surface area contributed by atoms with Crippen LogP contribution < -0.4 is 9.88 Å². The van der Waals surface area contributed by atoms with Gasteiger partial charge < -0.3 is 10.0 Å². The van der Waals surface area contributed by atoms with Crippen LogP contribution in [0.2, 0.25) is 0 Å². The highest BCUT2D eigenvalue weighted by Crippen LogP contribution is 2.27. The lowest BCUT2D eigenvalue weighted by Gasteiger charge is -2.13. The summed E-state index contributed by atoms with van der Waals surface area (Å²) in [6.45, 7) is 7.50. The molecule has 3 N–H and O–H groups in total. The summed E-state index contributed by atoms with van der Waals surface area (Å²) in [4.78, 5) is 5.01. The molecule has 3 heteroatoms. The summed E-state index contributed by atoms with van der Waals surface area (Å²) in [5.74, 6) is 0.467. The van der Waals surface area contributed by atoms with Crippen LogP contribution in [0, 0.1) is 13.8 Å². The predicted molar refractivity (Wildman–Crippen MR) is 75.3 cm³/mol. The van der Waals surface area contributed by atoms with E-state index in [0.717, 1.165) is 28.7 Å². The minimum atomic E-state index is 0.467. The number of benzene rings is 1. The van der Waals surface area contributed by atoms with Gasteiger partial charge in [-0.05, 0) is 18.6 Å². The SMILES string of the molecule is Cc1ccc2[nH+]c(C)c(C[NH+]3CCCC3)c(O)c2c1. The zero-order valence-corrected chi connectivity index (χ0v) is 11.7. The fraction of sp³-hybridized carbons (Fsp3) is 0.438. The van der Waals surface area contributed by atoms with Crippen molar-refractivity contribution < 1.29 is 15.0 Å². The van der Waals surface area contributed by atoms with Crippen molar-refractivity contribution in [3.63, 3.8) is 0 Å². The molecular formula is C16H22N2O+2. The van der Waals surface area contributed by atoms with Crippen molar-refractivity contribution in [2.75, 3.05) is 13.1 Å². The molecule has 0 radical (unpaired) electrons. The third-order valence-electron chi connectivity index (χ3n) is 4.23. The lowest BCUT2D eigenvalue weighted by Crippen LogP contribution is -3.08. The number of fused-ring (bicyclic) bond motifs is 1. The minimum absolute atomic E-state index is 0.467. The van der Waals surface area contributed by atoms with Crippen molar-refractivity contribution in [2.24, 2.45) is 0 Å². The highest BCUT2D eigenvalue weighted by Gasteiger charge is 2.23. The van der Waals surface area contributed by atoms with Gasteiger partial charge >= 0.3 is 0 Å². The Kier molecular flexibility index (Phi) is 3.15. The van der Waals surface area contributed by atoms with E-state index in [1.165, 1.54) is 31.5 Å². The van der Waals surface area contributed by atoms with E-state index >= 15 is 0 Å². The van der Waals surface area contributed by atoms with Gasteiger partial charge in [0.05, 0.1) is 18.5 Å². The molecule has 0 spiro atoms. The van der Waals surface area contributed by atoms with Crippen LogP contribution in [0.5, 0.6) is 5.75 Å². The number of pyridine rings is 1. The Bertz CT molecular complexity index is 616. The molecule has 19 heavy (non-hydrogen) atoms. The summed E-state index contributed by atoms with van der Waals surface area (Å²) in [6, 6.07) is 6.18. The van der Waals surface area contributed by atoms with E-state index < -0.39 is 0 Å². The van der Waals surface area contributed by atoms with Crippen molar-refractivity contribution in [1.82, 2.24) is 0 Å². The molecule has 0 aliphatic carbocycles. The second-order valence-corrected chi connectivity index (χ2v) is 5.76. The average Bonchev–Trinajstić information content (AvgIpc) is 2.89. The van der Waals surface area contributed by atoms with E-state index in [1.807, 2.05) is 6.07 Å². The first kappa shape index (κ1) is 12.4. The molecule has 1 aromatic carbocycles. The first-order chi connectivity index (χ1) is 9.15. The van der Waals surface area contributed by atoms with E-state index in [-0.39, 0.29) is 0 Å². The Balaban J connectivity index is 2.07. The monoisotopic (exact) mass is 258 g/mol. The molecular weight excluding hydrogens is 236 g/mol. The van der Waals surface area contributed by atoms with Gasteiger partial charge in [-0.25, -0.2) is 4.98 Å². The quantitative estimate of drug-likeness (QED) is 0.833. The summed E-state index contributed by atoms with van der Waals surface area (Å²) in [5, 5.41) is 11.5. The van der Waals surface area contributed by atoms with Gasteiger partial charge in [-0.1, -0.05) is 6.07 Å². The highest BCUT2D eigenvalue weighted by molar-refractivity contribution is 5.84. The standard InChI is InChI=1S/C16H20N2O/c1-11-5-6-15-13(9-11)16(19)14(12(2)17-15)10-18-7-3-4-8-18/h5-6,9H,3-4,7-8,10H2,1-2H3,(H,17,19)/p+2. The maximum atomic E-state index is 10.6. The lowest BCUT2D eigenvalue weighted by atomic mass is 10.1. The maximum absolute atomic E-state index is 10.6. The normalized spacial score (nSPS) is 16.3. The smallest absolute Gasteiger partial charge is 0.214 e. The summed E-state index contributed by atoms with van der Waals surface area (Å²) in [5.41, 5.74) is 4.36. The maximum Gasteiger partial charge on any atom is 0.214 e. The summed E-state index contributed by atoms with van der Waals surface area (Å²) >= 11 is 0. The molecule has 1 aliphatic rings. The van der Waals surface area contributed by atoms with Crippen LogP contribution in [0.1, 0.15) is 29.7 Å². The van der Waals surface area contributed by atoms with Gasteiger partial charge in [0.15, 0.2) is 5.69 Å². The summed E-state index contributed by atoms with van der Waals surface area (Å²) < 4.78 is 0. The van der Waals surface area contributed by atoms with Crippen LogP contribution in [0.15, 0.2) is 18.2 Å². The Morgan fingerprint density at radius 2 is 1.95 bits per heavy atom. The molecule has 2 heterocycles. The van der Waals surface area contributed by atoms with E-state index in [0.29, 0.717) is 5.75 Å². The molecule has 3 rings (SSSR count). The third kappa shape index (κ3) is 2.30. The largest absolute Gasteiger partial charge is 0.506 e. The number of nitrogens with one attached hydrogen (secondary N) is 2. The molecule has 0 amide bonds. The van der Waals surface area contributed by atoms with Gasteiger partial charge in [0.1, 0.15) is 17.9 Å². The number of aryl methyl sites for hydroxylation is 2. The first-order valence-electron chi connectivity index (χ1n) is 7.13. The molecule has 3 nitrogen and oxygen atoms in total. The Labute approximate surface area is 113 Å². The van der Waals surface area contributed by atoms with E-state index in [9.17, 15) is 5.11 Å². The molecule has 2 aromatic rings. The number of likely N-dealkylation sites (tertiary alicyclic amines) is 1. The van der Waals surface area contributed by atoms with Crippen molar-refractivity contribution in [2.45, 2.75) is 33.2 Å². The van der Waals surface area contributed by atoms with E-state index in [4.69, 9.17) is 0 Å². The van der Waals surface area contributed by atoms with Crippen LogP contribution in [-0.4, -0.2) is 18.2 Å². The van der Waals surface area contributed by atoms with Crippen molar-refractivity contribution in [3.8, 4) is 5.75 Å². The zero-order chi connectivity index (χ0) is 13.4. The topological polar surface area (TPSA) is 38.8 Å². The third-order valence-corrected chi connectivity index (χ3v) is 4.23. The van der Waals surface area contributed by atoms with Gasteiger partial charge in [0.2, 0.25) is 5.52 Å². The van der Waals surface area contributed by atoms with Gasteiger partial charge in [0, 0.05) is 25.8 Å². The van der Waals surface area contributed by atoms with Crippen molar-refractivity contribution >= 4 is 10.9 Å². The number of hydrogen-bond donors (Lipinski definition) is 2. The molecule has 1 fully saturated rings. The molecule has 0 bridgehead atoms. The summed E-state index contributed by atoms with van der Waals surface area (Å²) in [6.07, 6.45) is 2.62. The highest BCUT2D eigenvalue weighted by atomic mass is 16.3. The van der Waals surface area contributed by atoms with E-state index in [1.54, 1.807) is 4.90 Å². The minimum Gasteiger partial charge on any atom is -0.506 e. The number of rotatable bonds is 2.